The van der Waals surface area contributed by atoms with E-state index in [0.717, 1.165) is 16.3 Å². The minimum Gasteiger partial charge on any atom is -0.355 e. The zero-order valence-electron chi connectivity index (χ0n) is 13.4. The van der Waals surface area contributed by atoms with Gasteiger partial charge in [0.25, 0.3) is 9.84 Å². The van der Waals surface area contributed by atoms with Crippen LogP contribution in [-0.4, -0.2) is 23.9 Å². The number of rotatable bonds is 3. The SMILES string of the molecule is O=S(=O)(c1cccc2c(Nc3ccc4scnc4c3)ccnc12)C(F)(F)F. The summed E-state index contributed by atoms with van der Waals surface area (Å²) in [6.45, 7) is 0. The lowest BCUT2D eigenvalue weighted by atomic mass is 10.2. The maximum absolute atomic E-state index is 13.0. The lowest BCUT2D eigenvalue weighted by Gasteiger charge is -2.13. The lowest BCUT2D eigenvalue weighted by Crippen LogP contribution is -2.23. The smallest absolute Gasteiger partial charge is 0.355 e. The average molecular weight is 409 g/mol. The summed E-state index contributed by atoms with van der Waals surface area (Å²) in [4.78, 5) is 7.22. The van der Waals surface area contributed by atoms with Crippen LogP contribution in [0.5, 0.6) is 0 Å². The standard InChI is InChI=1S/C17H10F3N3O2S2/c18-17(19,20)27(24,25)15-3-1-2-11-12(6-7-21-16(11)15)23-10-4-5-14-13(8-10)22-9-26-14/h1-9H,(H,21,23). The van der Waals surface area contributed by atoms with E-state index in [0.29, 0.717) is 11.4 Å². The highest BCUT2D eigenvalue weighted by Gasteiger charge is 2.47. The number of aromatic nitrogens is 2. The first-order valence-corrected chi connectivity index (χ1v) is 9.93. The van der Waals surface area contributed by atoms with Crippen LogP contribution >= 0.6 is 11.3 Å². The quantitative estimate of drug-likeness (QED) is 0.522. The summed E-state index contributed by atoms with van der Waals surface area (Å²) in [6, 6.07) is 10.7. The Morgan fingerprint density at radius 3 is 2.63 bits per heavy atom. The number of nitrogens with one attached hydrogen (secondary N) is 1. The maximum Gasteiger partial charge on any atom is 0.501 e. The van der Waals surface area contributed by atoms with Crippen molar-refractivity contribution in [2.75, 3.05) is 5.32 Å². The Kier molecular flexibility index (Phi) is 4.04. The molecule has 0 atom stereocenters. The molecule has 0 amide bonds. The molecule has 0 saturated heterocycles. The average Bonchev–Trinajstić information content (AvgIpc) is 3.08. The maximum atomic E-state index is 13.0. The lowest BCUT2D eigenvalue weighted by molar-refractivity contribution is -0.0435. The molecule has 4 rings (SSSR count). The van der Waals surface area contributed by atoms with Crippen molar-refractivity contribution in [3.8, 4) is 0 Å². The Labute approximate surface area is 155 Å². The molecule has 2 aromatic carbocycles. The summed E-state index contributed by atoms with van der Waals surface area (Å²) in [5.74, 6) is 0. The van der Waals surface area contributed by atoms with Crippen LogP contribution < -0.4 is 5.32 Å². The third-order valence-electron chi connectivity index (χ3n) is 3.94. The molecule has 0 fully saturated rings. The van der Waals surface area contributed by atoms with Gasteiger partial charge in [-0.05, 0) is 30.3 Å². The van der Waals surface area contributed by atoms with Crippen molar-refractivity contribution < 1.29 is 21.6 Å². The molecule has 0 bridgehead atoms. The van der Waals surface area contributed by atoms with Crippen LogP contribution in [0.15, 0.2) is 59.1 Å². The van der Waals surface area contributed by atoms with Gasteiger partial charge < -0.3 is 5.32 Å². The first-order valence-electron chi connectivity index (χ1n) is 7.57. The second-order valence-electron chi connectivity index (χ2n) is 5.62. The van der Waals surface area contributed by atoms with Gasteiger partial charge in [0, 0.05) is 23.0 Å². The first-order chi connectivity index (χ1) is 12.8. The normalized spacial score (nSPS) is 12.6. The number of sulfone groups is 1. The Morgan fingerprint density at radius 1 is 1.04 bits per heavy atom. The molecule has 138 valence electrons. The van der Waals surface area contributed by atoms with Gasteiger partial charge in [-0.25, -0.2) is 13.4 Å². The van der Waals surface area contributed by atoms with Crippen LogP contribution in [0.1, 0.15) is 0 Å². The van der Waals surface area contributed by atoms with E-state index in [1.807, 2.05) is 12.1 Å². The van der Waals surface area contributed by atoms with E-state index >= 15 is 0 Å². The summed E-state index contributed by atoms with van der Waals surface area (Å²) in [5, 5.41) is 3.36. The highest BCUT2D eigenvalue weighted by molar-refractivity contribution is 7.92. The van der Waals surface area contributed by atoms with Crippen LogP contribution in [0.3, 0.4) is 0 Å². The van der Waals surface area contributed by atoms with E-state index in [1.54, 1.807) is 17.6 Å². The molecule has 0 radical (unpaired) electrons. The zero-order chi connectivity index (χ0) is 19.2. The summed E-state index contributed by atoms with van der Waals surface area (Å²) in [6.07, 6.45) is 1.27. The van der Waals surface area contributed by atoms with Gasteiger partial charge >= 0.3 is 5.51 Å². The number of hydrogen-bond acceptors (Lipinski definition) is 6. The number of fused-ring (bicyclic) bond motifs is 2. The fourth-order valence-corrected chi connectivity index (χ4v) is 4.27. The van der Waals surface area contributed by atoms with Crippen LogP contribution in [0.4, 0.5) is 24.5 Å². The molecule has 10 heteroatoms. The molecular formula is C17H10F3N3O2S2. The monoisotopic (exact) mass is 409 g/mol. The van der Waals surface area contributed by atoms with E-state index in [2.05, 4.69) is 15.3 Å². The van der Waals surface area contributed by atoms with Crippen LogP contribution in [0.25, 0.3) is 21.1 Å². The number of thiazole rings is 1. The molecule has 2 aromatic heterocycles. The number of nitrogens with zero attached hydrogens (tertiary/aromatic N) is 2. The van der Waals surface area contributed by atoms with Crippen LogP contribution in [-0.2, 0) is 9.84 Å². The van der Waals surface area contributed by atoms with Gasteiger partial charge in [0.05, 0.1) is 21.2 Å². The Morgan fingerprint density at radius 2 is 1.85 bits per heavy atom. The minimum absolute atomic E-state index is 0.241. The predicted molar refractivity (Wildman–Crippen MR) is 97.9 cm³/mol. The number of benzene rings is 2. The molecular weight excluding hydrogens is 399 g/mol. The summed E-state index contributed by atoms with van der Waals surface area (Å²) in [7, 11) is -5.51. The van der Waals surface area contributed by atoms with Crippen LogP contribution in [0, 0.1) is 0 Å². The van der Waals surface area contributed by atoms with Gasteiger partial charge in [0.2, 0.25) is 0 Å². The molecule has 0 aliphatic heterocycles. The van der Waals surface area contributed by atoms with Crippen molar-refractivity contribution in [1.82, 2.24) is 9.97 Å². The van der Waals surface area contributed by atoms with Crippen molar-refractivity contribution in [2.45, 2.75) is 10.4 Å². The molecule has 0 saturated carbocycles. The van der Waals surface area contributed by atoms with Crippen molar-refractivity contribution in [2.24, 2.45) is 0 Å². The van der Waals surface area contributed by atoms with E-state index in [1.165, 1.54) is 29.7 Å². The fourth-order valence-electron chi connectivity index (χ4n) is 2.69. The molecule has 2 heterocycles. The van der Waals surface area contributed by atoms with Gasteiger partial charge in [-0.15, -0.1) is 11.3 Å². The number of para-hydroxylation sites is 1. The van der Waals surface area contributed by atoms with E-state index < -0.39 is 20.2 Å². The Balaban J connectivity index is 1.84. The summed E-state index contributed by atoms with van der Waals surface area (Å²) in [5.41, 5.74) is -2.04. The van der Waals surface area contributed by atoms with Crippen molar-refractivity contribution >= 4 is 53.7 Å². The number of hydrogen-bond donors (Lipinski definition) is 1. The van der Waals surface area contributed by atoms with E-state index in [9.17, 15) is 21.6 Å². The summed E-state index contributed by atoms with van der Waals surface area (Å²) < 4.78 is 63.6. The third kappa shape index (κ3) is 3.00. The zero-order valence-corrected chi connectivity index (χ0v) is 15.0. The van der Waals surface area contributed by atoms with Gasteiger partial charge in [-0.3, -0.25) is 4.98 Å². The minimum atomic E-state index is -5.51. The number of pyridine rings is 1. The molecule has 0 unspecified atom stereocenters. The van der Waals surface area contributed by atoms with Crippen molar-refractivity contribution in [1.29, 1.82) is 0 Å². The van der Waals surface area contributed by atoms with E-state index in [-0.39, 0.29) is 10.9 Å². The third-order valence-corrected chi connectivity index (χ3v) is 6.27. The second-order valence-corrected chi connectivity index (χ2v) is 8.42. The van der Waals surface area contributed by atoms with Gasteiger partial charge in [-0.1, -0.05) is 12.1 Å². The van der Waals surface area contributed by atoms with Crippen LogP contribution in [0.2, 0.25) is 0 Å². The molecule has 0 aliphatic rings. The molecule has 27 heavy (non-hydrogen) atoms. The summed E-state index contributed by atoms with van der Waals surface area (Å²) >= 11 is 1.49. The fraction of sp³-hybridized carbons (Fsp3) is 0.0588. The second kappa shape index (κ2) is 6.17. The number of alkyl halides is 3. The molecule has 1 N–H and O–H groups in total. The number of anilines is 2. The number of halogens is 3. The predicted octanol–water partition coefficient (Wildman–Crippen LogP) is 4.88. The van der Waals surface area contributed by atoms with Crippen molar-refractivity contribution in [3.05, 3.63) is 54.2 Å². The van der Waals surface area contributed by atoms with Crippen molar-refractivity contribution in [3.63, 3.8) is 0 Å². The van der Waals surface area contributed by atoms with Gasteiger partial charge in [-0.2, -0.15) is 13.2 Å². The van der Waals surface area contributed by atoms with Gasteiger partial charge in [0.1, 0.15) is 4.90 Å². The molecule has 0 spiro atoms. The largest absolute Gasteiger partial charge is 0.501 e. The van der Waals surface area contributed by atoms with Gasteiger partial charge in [0.15, 0.2) is 0 Å². The molecule has 4 aromatic rings. The highest BCUT2D eigenvalue weighted by Crippen LogP contribution is 2.36. The highest BCUT2D eigenvalue weighted by atomic mass is 32.2. The van der Waals surface area contributed by atoms with E-state index in [4.69, 9.17) is 0 Å². The topological polar surface area (TPSA) is 72.0 Å². The first kappa shape index (κ1) is 17.7. The molecule has 0 aliphatic carbocycles. The Hall–Kier alpha value is -2.72. The molecule has 5 nitrogen and oxygen atoms in total. The Bertz CT molecular complexity index is 1270.